The van der Waals surface area contributed by atoms with Crippen LogP contribution in [0.1, 0.15) is 49.5 Å². The number of carbonyl (C=O) groups excluding carboxylic acids is 3. The highest BCUT2D eigenvalue weighted by Crippen LogP contribution is 2.33. The van der Waals surface area contributed by atoms with Crippen LogP contribution >= 0.6 is 11.6 Å². The van der Waals surface area contributed by atoms with Crippen molar-refractivity contribution >= 4 is 40.7 Å². The molecule has 0 spiro atoms. The van der Waals surface area contributed by atoms with Gasteiger partial charge in [-0.15, -0.1) is 0 Å². The Bertz CT molecular complexity index is 1320. The van der Waals surface area contributed by atoms with E-state index in [1.54, 1.807) is 6.07 Å². The lowest BCUT2D eigenvalue weighted by Gasteiger charge is -2.43. The van der Waals surface area contributed by atoms with Crippen LogP contribution in [-0.2, 0) is 16.1 Å². The van der Waals surface area contributed by atoms with Crippen LogP contribution in [-0.4, -0.2) is 67.6 Å². The number of anilines is 2. The molecule has 3 N–H and O–H groups in total. The molecule has 43 heavy (non-hydrogen) atoms. The highest BCUT2D eigenvalue weighted by molar-refractivity contribution is 6.31. The van der Waals surface area contributed by atoms with E-state index in [4.69, 9.17) is 11.6 Å². The number of benzene rings is 2. The summed E-state index contributed by atoms with van der Waals surface area (Å²) in [4.78, 5) is 39.5. The second-order valence-corrected chi connectivity index (χ2v) is 11.3. The van der Waals surface area contributed by atoms with E-state index in [1.165, 1.54) is 25.1 Å². The number of rotatable bonds is 11. The van der Waals surface area contributed by atoms with Gasteiger partial charge in [-0.25, -0.2) is 8.78 Å². The first-order valence-corrected chi connectivity index (χ1v) is 14.2. The average molecular weight is 632 g/mol. The molecule has 0 bridgehead atoms. The normalized spacial score (nSPS) is 15.9. The molecule has 3 amide bonds. The van der Waals surface area contributed by atoms with E-state index in [0.717, 1.165) is 6.07 Å². The Morgan fingerprint density at radius 3 is 2.42 bits per heavy atom. The number of nitrogens with zero attached hydrogens (tertiary/aromatic N) is 2. The fourth-order valence-electron chi connectivity index (χ4n) is 4.87. The predicted octanol–water partition coefficient (Wildman–Crippen LogP) is 5.11. The van der Waals surface area contributed by atoms with Crippen LogP contribution in [0.25, 0.3) is 0 Å². The van der Waals surface area contributed by atoms with Gasteiger partial charge in [0.05, 0.1) is 29.9 Å². The van der Waals surface area contributed by atoms with Gasteiger partial charge in [0.2, 0.25) is 11.8 Å². The molecule has 2 aromatic carbocycles. The molecule has 14 heteroatoms. The maximum Gasteiger partial charge on any atom is 0.390 e. The largest absolute Gasteiger partial charge is 0.390 e. The summed E-state index contributed by atoms with van der Waals surface area (Å²) in [6.45, 7) is 5.50. The molecule has 1 aliphatic heterocycles. The van der Waals surface area contributed by atoms with E-state index in [1.807, 2.05) is 23.6 Å². The van der Waals surface area contributed by atoms with Gasteiger partial charge in [0.1, 0.15) is 0 Å². The quantitative estimate of drug-likeness (QED) is 0.300. The van der Waals surface area contributed by atoms with Crippen LogP contribution in [0, 0.1) is 17.6 Å². The molecule has 1 heterocycles. The van der Waals surface area contributed by atoms with Gasteiger partial charge in [0.25, 0.3) is 5.91 Å². The van der Waals surface area contributed by atoms with Crippen molar-refractivity contribution in [3.05, 3.63) is 58.1 Å². The van der Waals surface area contributed by atoms with Crippen LogP contribution in [0.15, 0.2) is 30.3 Å². The number of hydrogen-bond donors (Lipinski definition) is 3. The Morgan fingerprint density at radius 2 is 1.77 bits per heavy atom. The Morgan fingerprint density at radius 1 is 1.05 bits per heavy atom. The summed E-state index contributed by atoms with van der Waals surface area (Å²) in [7, 11) is 0. The van der Waals surface area contributed by atoms with Gasteiger partial charge in [-0.1, -0.05) is 31.5 Å². The standard InChI is InChI=1S/C29H35ClF5N5O3/c1-17(2)12-21-16-40(11-10-39(21)9-8-29(33,34)35)24-13-20(30)5-7-23(24)38-28(43)22-6-4-19(26(31)27(22)32)14-37-25(42)15-36-18(3)41/h4-7,13,17,21H,8-12,14-16H2,1-3H3,(H,36,41)(H,37,42)(H,38,43)/t21-/m0/s1. The summed E-state index contributed by atoms with van der Waals surface area (Å²) < 4.78 is 68.5. The molecule has 0 aliphatic carbocycles. The second kappa shape index (κ2) is 14.8. The fraction of sp³-hybridized carbons (Fsp3) is 0.483. The summed E-state index contributed by atoms with van der Waals surface area (Å²) in [5, 5.41) is 7.61. The highest BCUT2D eigenvalue weighted by atomic mass is 35.5. The molecule has 0 saturated carbocycles. The van der Waals surface area contributed by atoms with Crippen LogP contribution < -0.4 is 20.9 Å². The smallest absolute Gasteiger partial charge is 0.367 e. The number of amides is 3. The third-order valence-electron chi connectivity index (χ3n) is 6.96. The summed E-state index contributed by atoms with van der Waals surface area (Å²) >= 11 is 6.25. The monoisotopic (exact) mass is 631 g/mol. The van der Waals surface area contributed by atoms with Crippen LogP contribution in [0.3, 0.4) is 0 Å². The molecule has 1 fully saturated rings. The van der Waals surface area contributed by atoms with Crippen molar-refractivity contribution in [2.24, 2.45) is 5.92 Å². The zero-order valence-corrected chi connectivity index (χ0v) is 24.8. The number of alkyl halides is 3. The minimum Gasteiger partial charge on any atom is -0.367 e. The third-order valence-corrected chi connectivity index (χ3v) is 7.20. The molecule has 2 aromatic rings. The van der Waals surface area contributed by atoms with E-state index in [0.29, 0.717) is 36.8 Å². The van der Waals surface area contributed by atoms with Gasteiger partial charge in [-0.05, 0) is 36.6 Å². The lowest BCUT2D eigenvalue weighted by atomic mass is 9.99. The first kappa shape index (κ1) is 34.0. The first-order chi connectivity index (χ1) is 20.1. The molecule has 1 aliphatic rings. The summed E-state index contributed by atoms with van der Waals surface area (Å²) in [6, 6.07) is 6.74. The van der Waals surface area contributed by atoms with Crippen molar-refractivity contribution in [3.63, 3.8) is 0 Å². The Labute approximate surface area is 251 Å². The number of halogens is 6. The second-order valence-electron chi connectivity index (χ2n) is 10.8. The average Bonchev–Trinajstić information content (AvgIpc) is 2.92. The van der Waals surface area contributed by atoms with Gasteiger partial charge < -0.3 is 20.9 Å². The zero-order valence-electron chi connectivity index (χ0n) is 24.1. The van der Waals surface area contributed by atoms with E-state index in [9.17, 15) is 36.3 Å². The van der Waals surface area contributed by atoms with E-state index in [-0.39, 0.29) is 42.8 Å². The minimum absolute atomic E-state index is 0.117. The summed E-state index contributed by atoms with van der Waals surface area (Å²) in [5.74, 6) is -4.45. The predicted molar refractivity (Wildman–Crippen MR) is 154 cm³/mol. The van der Waals surface area contributed by atoms with E-state index in [2.05, 4.69) is 16.0 Å². The molecular weight excluding hydrogens is 597 g/mol. The van der Waals surface area contributed by atoms with Crippen molar-refractivity contribution in [2.75, 3.05) is 42.9 Å². The number of piperazine rings is 1. The summed E-state index contributed by atoms with van der Waals surface area (Å²) in [5.41, 5.74) is 0.0124. The van der Waals surface area contributed by atoms with Gasteiger partial charge in [0, 0.05) is 56.3 Å². The Kier molecular flexibility index (Phi) is 11.7. The van der Waals surface area contributed by atoms with Crippen LogP contribution in [0.5, 0.6) is 0 Å². The molecule has 1 saturated heterocycles. The maximum absolute atomic E-state index is 15.0. The third kappa shape index (κ3) is 10.1. The van der Waals surface area contributed by atoms with Crippen molar-refractivity contribution in [3.8, 4) is 0 Å². The number of carbonyl (C=O) groups is 3. The minimum atomic E-state index is -4.27. The van der Waals surface area contributed by atoms with E-state index >= 15 is 0 Å². The molecule has 0 radical (unpaired) electrons. The molecule has 0 aromatic heterocycles. The van der Waals surface area contributed by atoms with Crippen LogP contribution in [0.4, 0.5) is 33.3 Å². The topological polar surface area (TPSA) is 93.8 Å². The maximum atomic E-state index is 15.0. The van der Waals surface area contributed by atoms with Crippen LogP contribution in [0.2, 0.25) is 5.02 Å². The van der Waals surface area contributed by atoms with Gasteiger partial charge in [-0.3, -0.25) is 19.3 Å². The van der Waals surface area contributed by atoms with Crippen molar-refractivity contribution < 1.29 is 36.3 Å². The Balaban J connectivity index is 1.76. The van der Waals surface area contributed by atoms with Gasteiger partial charge in [-0.2, -0.15) is 13.2 Å². The zero-order chi connectivity index (χ0) is 31.9. The number of hydrogen-bond acceptors (Lipinski definition) is 5. The SMILES string of the molecule is CC(=O)NCC(=O)NCc1ccc(C(=O)Nc2ccc(Cl)cc2N2CCN(CCC(F)(F)F)[C@@H](CC(C)C)C2)c(F)c1F. The fourth-order valence-corrected chi connectivity index (χ4v) is 5.03. The first-order valence-electron chi connectivity index (χ1n) is 13.8. The lowest BCUT2D eigenvalue weighted by molar-refractivity contribution is -0.139. The summed E-state index contributed by atoms with van der Waals surface area (Å²) in [6.07, 6.45) is -4.52. The molecule has 236 valence electrons. The van der Waals surface area contributed by atoms with Gasteiger partial charge in [0.15, 0.2) is 11.6 Å². The molecule has 3 rings (SSSR count). The highest BCUT2D eigenvalue weighted by Gasteiger charge is 2.33. The van der Waals surface area contributed by atoms with Crippen molar-refractivity contribution in [1.82, 2.24) is 15.5 Å². The Hall–Kier alpha value is -3.45. The molecule has 1 atom stereocenters. The molecular formula is C29H35ClF5N5O3. The van der Waals surface area contributed by atoms with Gasteiger partial charge >= 0.3 is 6.18 Å². The van der Waals surface area contributed by atoms with Crippen molar-refractivity contribution in [1.29, 1.82) is 0 Å². The van der Waals surface area contributed by atoms with E-state index < -0.39 is 47.5 Å². The number of nitrogens with one attached hydrogen (secondary N) is 3. The molecule has 8 nitrogen and oxygen atoms in total. The molecule has 0 unspecified atom stereocenters. The lowest BCUT2D eigenvalue weighted by Crippen LogP contribution is -2.54. The van der Waals surface area contributed by atoms with Crippen molar-refractivity contribution in [2.45, 2.75) is 52.4 Å².